The first kappa shape index (κ1) is 23.4. The van der Waals surface area contributed by atoms with Crippen molar-refractivity contribution in [2.24, 2.45) is 5.10 Å². The van der Waals surface area contributed by atoms with Gasteiger partial charge in [-0.1, -0.05) is 11.6 Å². The van der Waals surface area contributed by atoms with Gasteiger partial charge in [0.1, 0.15) is 17.4 Å². The van der Waals surface area contributed by atoms with Crippen LogP contribution >= 0.6 is 11.6 Å². The van der Waals surface area contributed by atoms with E-state index in [0.717, 1.165) is 4.68 Å². The SMILES string of the molecule is COc1ccc2[nH]c(=O)c(/C=N/NC(=O)c3nn(-c4ccc(Cl)cc4)c(=O)c(C#N)c3C)cc2c1. The highest BCUT2D eigenvalue weighted by atomic mass is 35.5. The van der Waals surface area contributed by atoms with Gasteiger partial charge in [0.15, 0.2) is 5.69 Å². The first-order valence-corrected chi connectivity index (χ1v) is 10.5. The third-order valence-corrected chi connectivity index (χ3v) is 5.44. The average Bonchev–Trinajstić information content (AvgIpc) is 2.85. The summed E-state index contributed by atoms with van der Waals surface area (Å²) < 4.78 is 6.14. The van der Waals surface area contributed by atoms with Gasteiger partial charge in [0.2, 0.25) is 0 Å². The van der Waals surface area contributed by atoms with Crippen LogP contribution in [0.4, 0.5) is 0 Å². The molecule has 4 aromatic rings. The van der Waals surface area contributed by atoms with E-state index in [-0.39, 0.29) is 22.4 Å². The molecule has 1 amide bonds. The number of amides is 1. The fourth-order valence-corrected chi connectivity index (χ4v) is 3.47. The van der Waals surface area contributed by atoms with E-state index in [2.05, 4.69) is 20.6 Å². The summed E-state index contributed by atoms with van der Waals surface area (Å²) in [7, 11) is 1.54. The van der Waals surface area contributed by atoms with Crippen molar-refractivity contribution in [1.82, 2.24) is 20.2 Å². The van der Waals surface area contributed by atoms with Crippen molar-refractivity contribution in [3.63, 3.8) is 0 Å². The maximum atomic E-state index is 12.8. The summed E-state index contributed by atoms with van der Waals surface area (Å²) in [6.45, 7) is 1.44. The monoisotopic (exact) mass is 488 g/mol. The van der Waals surface area contributed by atoms with Crippen molar-refractivity contribution in [2.75, 3.05) is 7.11 Å². The number of nitriles is 1. The van der Waals surface area contributed by atoms with Crippen molar-refractivity contribution in [1.29, 1.82) is 5.26 Å². The zero-order valence-corrected chi connectivity index (χ0v) is 19.3. The second-order valence-electron chi connectivity index (χ2n) is 7.36. The summed E-state index contributed by atoms with van der Waals surface area (Å²) >= 11 is 5.90. The minimum absolute atomic E-state index is 0.103. The summed E-state index contributed by atoms with van der Waals surface area (Å²) in [5, 5.41) is 18.6. The lowest BCUT2D eigenvalue weighted by molar-refractivity contribution is 0.0947. The Labute approximate surface area is 203 Å². The Kier molecular flexibility index (Phi) is 6.44. The van der Waals surface area contributed by atoms with E-state index in [9.17, 15) is 19.6 Å². The lowest BCUT2D eigenvalue weighted by atomic mass is 10.1. The molecule has 0 spiro atoms. The van der Waals surface area contributed by atoms with Gasteiger partial charge in [-0.2, -0.15) is 20.1 Å². The molecular formula is C24H17ClN6O4. The first-order chi connectivity index (χ1) is 16.8. The number of rotatable bonds is 5. The van der Waals surface area contributed by atoms with Crippen molar-refractivity contribution in [3.05, 3.63) is 96.6 Å². The molecule has 4 rings (SSSR count). The van der Waals surface area contributed by atoms with Crippen LogP contribution in [-0.4, -0.2) is 34.0 Å². The molecule has 2 N–H and O–H groups in total. The molecule has 0 bridgehead atoms. The molecule has 0 fully saturated rings. The molecule has 0 saturated carbocycles. The molecule has 35 heavy (non-hydrogen) atoms. The van der Waals surface area contributed by atoms with Gasteiger partial charge in [-0.25, -0.2) is 5.43 Å². The van der Waals surface area contributed by atoms with Crippen LogP contribution in [-0.2, 0) is 0 Å². The van der Waals surface area contributed by atoms with Crippen LogP contribution in [0.25, 0.3) is 16.6 Å². The smallest absolute Gasteiger partial charge is 0.292 e. The average molecular weight is 489 g/mol. The standard InChI is InChI=1S/C24H17ClN6O4/c1-13-19(11-26)24(34)31(17-5-3-16(25)4-6-17)30-21(13)23(33)29-27-12-15-9-14-10-18(35-2)7-8-20(14)28-22(15)32/h3-10,12H,1-2H3,(H,28,32)(H,29,33)/b27-12+. The predicted molar refractivity (Wildman–Crippen MR) is 130 cm³/mol. The second-order valence-corrected chi connectivity index (χ2v) is 7.80. The van der Waals surface area contributed by atoms with E-state index in [4.69, 9.17) is 16.3 Å². The number of benzene rings is 2. The molecule has 0 unspecified atom stereocenters. The molecule has 2 heterocycles. The normalized spacial score (nSPS) is 10.9. The summed E-state index contributed by atoms with van der Waals surface area (Å²) in [4.78, 5) is 40.6. The predicted octanol–water partition coefficient (Wildman–Crippen LogP) is 2.68. The minimum Gasteiger partial charge on any atom is -0.497 e. The molecule has 0 aliphatic rings. The van der Waals surface area contributed by atoms with E-state index in [0.29, 0.717) is 27.4 Å². The van der Waals surface area contributed by atoms with Crippen molar-refractivity contribution >= 4 is 34.6 Å². The number of halogens is 1. The second kappa shape index (κ2) is 9.62. The number of fused-ring (bicyclic) bond motifs is 1. The van der Waals surface area contributed by atoms with Gasteiger partial charge in [0.05, 0.1) is 24.6 Å². The van der Waals surface area contributed by atoms with Crippen molar-refractivity contribution < 1.29 is 9.53 Å². The number of H-pyrrole nitrogens is 1. The molecule has 0 aliphatic heterocycles. The van der Waals surface area contributed by atoms with Crippen LogP contribution < -0.4 is 21.3 Å². The third kappa shape index (κ3) is 4.66. The number of hydrogen-bond acceptors (Lipinski definition) is 7. The van der Waals surface area contributed by atoms with Gasteiger partial charge in [-0.15, -0.1) is 0 Å². The number of pyridine rings is 1. The van der Waals surface area contributed by atoms with Crippen molar-refractivity contribution in [3.8, 4) is 17.5 Å². The Morgan fingerprint density at radius 3 is 2.66 bits per heavy atom. The van der Waals surface area contributed by atoms with Crippen LogP contribution in [0.3, 0.4) is 0 Å². The summed E-state index contributed by atoms with van der Waals surface area (Å²) in [5.74, 6) is -0.150. The van der Waals surface area contributed by atoms with Gasteiger partial charge >= 0.3 is 0 Å². The summed E-state index contributed by atoms with van der Waals surface area (Å²) in [6.07, 6.45) is 1.19. The van der Waals surface area contributed by atoms with Gasteiger partial charge in [0, 0.05) is 21.5 Å². The lowest BCUT2D eigenvalue weighted by Crippen LogP contribution is -2.31. The molecule has 11 heteroatoms. The molecule has 2 aromatic carbocycles. The van der Waals surface area contributed by atoms with E-state index in [1.165, 1.54) is 32.4 Å². The number of hydrazone groups is 1. The maximum Gasteiger partial charge on any atom is 0.292 e. The first-order valence-electron chi connectivity index (χ1n) is 10.2. The zero-order valence-electron chi connectivity index (χ0n) is 18.5. The summed E-state index contributed by atoms with van der Waals surface area (Å²) in [5.41, 5.74) is 2.04. The molecule has 174 valence electrons. The fraction of sp³-hybridized carbons (Fsp3) is 0.0833. The number of methoxy groups -OCH3 is 1. The van der Waals surface area contributed by atoms with E-state index >= 15 is 0 Å². The number of nitrogens with one attached hydrogen (secondary N) is 2. The number of ether oxygens (including phenoxy) is 1. The Morgan fingerprint density at radius 1 is 1.23 bits per heavy atom. The fourth-order valence-electron chi connectivity index (χ4n) is 3.35. The summed E-state index contributed by atoms with van der Waals surface area (Å²) in [6, 6.07) is 14.8. The number of nitrogens with zero attached hydrogens (tertiary/aromatic N) is 4. The van der Waals surface area contributed by atoms with E-state index in [1.807, 2.05) is 6.07 Å². The maximum absolute atomic E-state index is 12.8. The number of carbonyl (C=O) groups is 1. The quantitative estimate of drug-likeness (QED) is 0.326. The van der Waals surface area contributed by atoms with E-state index in [1.54, 1.807) is 36.4 Å². The molecule has 0 radical (unpaired) electrons. The van der Waals surface area contributed by atoms with Gasteiger partial charge in [-0.05, 0) is 55.5 Å². The molecular weight excluding hydrogens is 472 g/mol. The minimum atomic E-state index is -0.767. The topological polar surface area (TPSA) is 142 Å². The molecule has 0 aliphatic carbocycles. The van der Waals surface area contributed by atoms with Gasteiger partial charge in [0.25, 0.3) is 17.0 Å². The Morgan fingerprint density at radius 2 is 1.97 bits per heavy atom. The Balaban J connectivity index is 1.66. The third-order valence-electron chi connectivity index (χ3n) is 5.18. The number of aromatic amines is 1. The van der Waals surface area contributed by atoms with Crippen molar-refractivity contribution in [2.45, 2.75) is 6.92 Å². The Hall–Kier alpha value is -4.75. The van der Waals surface area contributed by atoms with Gasteiger partial charge < -0.3 is 9.72 Å². The zero-order chi connectivity index (χ0) is 25.1. The lowest BCUT2D eigenvalue weighted by Gasteiger charge is -2.10. The highest BCUT2D eigenvalue weighted by Gasteiger charge is 2.20. The molecule has 0 saturated heterocycles. The molecule has 0 atom stereocenters. The van der Waals surface area contributed by atoms with Crippen LogP contribution in [0.2, 0.25) is 5.02 Å². The van der Waals surface area contributed by atoms with Crippen LogP contribution in [0.5, 0.6) is 5.75 Å². The Bertz CT molecular complexity index is 1650. The van der Waals surface area contributed by atoms with Crippen LogP contribution in [0, 0.1) is 18.3 Å². The number of aromatic nitrogens is 3. The highest BCUT2D eigenvalue weighted by molar-refractivity contribution is 6.30. The molecule has 10 nitrogen and oxygen atoms in total. The van der Waals surface area contributed by atoms with Crippen LogP contribution in [0.15, 0.2) is 63.2 Å². The number of carbonyl (C=O) groups excluding carboxylic acids is 1. The highest BCUT2D eigenvalue weighted by Crippen LogP contribution is 2.18. The largest absolute Gasteiger partial charge is 0.497 e. The molecule has 2 aromatic heterocycles. The van der Waals surface area contributed by atoms with Crippen LogP contribution in [0.1, 0.15) is 27.2 Å². The van der Waals surface area contributed by atoms with Gasteiger partial charge in [-0.3, -0.25) is 14.4 Å². The van der Waals surface area contributed by atoms with E-state index < -0.39 is 17.0 Å². The number of hydrogen-bond donors (Lipinski definition) is 2.